The van der Waals surface area contributed by atoms with E-state index in [0.717, 1.165) is 77.0 Å². The van der Waals surface area contributed by atoms with Crippen LogP contribution < -0.4 is 0 Å². The Morgan fingerprint density at radius 3 is 1.59 bits per heavy atom. The number of rotatable bonds is 31. The summed E-state index contributed by atoms with van der Waals surface area (Å²) in [6.45, 7) is 3.58. The van der Waals surface area contributed by atoms with E-state index < -0.39 is 32.5 Å². The van der Waals surface area contributed by atoms with Crippen LogP contribution in [-0.2, 0) is 28.2 Å². The van der Waals surface area contributed by atoms with Gasteiger partial charge in [-0.2, -0.15) is 0 Å². The smallest absolute Gasteiger partial charge is 0.462 e. The molecule has 0 spiro atoms. The fraction of sp³-hybridized carbons (Fsp3) is 0.771. The largest absolute Gasteiger partial charge is 0.469 e. The second-order valence-electron chi connectivity index (χ2n) is 11.5. The standard InChI is InChI=1S/C35H63O8P/c1-3-5-7-9-11-13-15-16-17-18-20-21-23-25-27-29-34(36)41-31-33(32-42-44(38,39)40)43-35(37)30-28-26-24-22-19-14-12-10-8-6-4-2/h10,12-13,15-17,33H,3-9,11,14,18-32H2,1-2H3,(H2,38,39,40)/b12-10+,15-13+,17-16+/t33-/m1/s1. The Balaban J connectivity index is 4.04. The van der Waals surface area contributed by atoms with Crippen LogP contribution in [0.1, 0.15) is 155 Å². The average molecular weight is 643 g/mol. The zero-order chi connectivity index (χ0) is 32.6. The Morgan fingerprint density at radius 1 is 0.591 bits per heavy atom. The predicted octanol–water partition coefficient (Wildman–Crippen LogP) is 9.84. The van der Waals surface area contributed by atoms with E-state index in [1.54, 1.807) is 0 Å². The van der Waals surface area contributed by atoms with Crippen molar-refractivity contribution in [2.75, 3.05) is 13.2 Å². The van der Waals surface area contributed by atoms with Crippen molar-refractivity contribution in [1.82, 2.24) is 0 Å². The Kier molecular flexibility index (Phi) is 30.0. The molecule has 0 rings (SSSR count). The van der Waals surface area contributed by atoms with Gasteiger partial charge in [0, 0.05) is 12.8 Å². The van der Waals surface area contributed by atoms with Crippen LogP contribution in [0.15, 0.2) is 36.5 Å². The van der Waals surface area contributed by atoms with E-state index in [9.17, 15) is 14.2 Å². The number of carbonyl (C=O) groups excluding carboxylic acids is 2. The topological polar surface area (TPSA) is 119 Å². The molecule has 8 nitrogen and oxygen atoms in total. The summed E-state index contributed by atoms with van der Waals surface area (Å²) in [6, 6.07) is 0. The number of phosphoric acid groups is 1. The molecule has 0 amide bonds. The number of phosphoric ester groups is 1. The molecule has 0 aliphatic heterocycles. The molecule has 1 atom stereocenters. The molecular weight excluding hydrogens is 579 g/mol. The highest BCUT2D eigenvalue weighted by atomic mass is 31.2. The van der Waals surface area contributed by atoms with E-state index >= 15 is 0 Å². The van der Waals surface area contributed by atoms with Crippen molar-refractivity contribution in [2.24, 2.45) is 0 Å². The van der Waals surface area contributed by atoms with Crippen molar-refractivity contribution < 1.29 is 37.9 Å². The van der Waals surface area contributed by atoms with Crippen LogP contribution >= 0.6 is 7.82 Å². The maximum Gasteiger partial charge on any atom is 0.469 e. The molecule has 0 bridgehead atoms. The number of ether oxygens (including phenoxy) is 2. The van der Waals surface area contributed by atoms with Gasteiger partial charge in [0.15, 0.2) is 6.10 Å². The van der Waals surface area contributed by atoms with Gasteiger partial charge in [-0.05, 0) is 57.8 Å². The van der Waals surface area contributed by atoms with Gasteiger partial charge in [-0.25, -0.2) is 4.57 Å². The van der Waals surface area contributed by atoms with Gasteiger partial charge in [-0.3, -0.25) is 14.1 Å². The molecule has 0 saturated carbocycles. The summed E-state index contributed by atoms with van der Waals surface area (Å²) >= 11 is 0. The number of hydrogen-bond donors (Lipinski definition) is 2. The minimum Gasteiger partial charge on any atom is -0.462 e. The first-order valence-corrected chi connectivity index (χ1v) is 18.8. The SMILES string of the molecule is CCCC/C=C/CCCCCCCC(=O)O[C@H](COC(=O)CCCCCCC/C=C/C=C/CCCCCC)COP(=O)(O)O. The fourth-order valence-corrected chi connectivity index (χ4v) is 4.88. The molecule has 9 heteroatoms. The molecule has 0 aromatic carbocycles. The zero-order valence-electron chi connectivity index (χ0n) is 27.8. The third-order valence-electron chi connectivity index (χ3n) is 7.16. The normalized spacial score (nSPS) is 12.9. The van der Waals surface area contributed by atoms with Gasteiger partial charge in [0.05, 0.1) is 6.61 Å². The van der Waals surface area contributed by atoms with Crippen molar-refractivity contribution in [3.8, 4) is 0 Å². The van der Waals surface area contributed by atoms with E-state index in [1.165, 1.54) is 38.5 Å². The number of allylic oxidation sites excluding steroid dienone is 6. The molecule has 0 aliphatic rings. The lowest BCUT2D eigenvalue weighted by Crippen LogP contribution is -2.29. The summed E-state index contributed by atoms with van der Waals surface area (Å²) in [5.74, 6) is -0.917. The van der Waals surface area contributed by atoms with Gasteiger partial charge in [-0.15, -0.1) is 0 Å². The minimum absolute atomic E-state index is 0.197. The van der Waals surface area contributed by atoms with Crippen LogP contribution in [0.3, 0.4) is 0 Å². The summed E-state index contributed by atoms with van der Waals surface area (Å²) in [5.41, 5.74) is 0. The Hall–Kier alpha value is -1.73. The predicted molar refractivity (Wildman–Crippen MR) is 179 cm³/mol. The first-order chi connectivity index (χ1) is 21.3. The quantitative estimate of drug-likeness (QED) is 0.0252. The second-order valence-corrected chi connectivity index (χ2v) is 12.8. The fourth-order valence-electron chi connectivity index (χ4n) is 4.52. The highest BCUT2D eigenvalue weighted by Gasteiger charge is 2.22. The molecule has 44 heavy (non-hydrogen) atoms. The third kappa shape index (κ3) is 33.2. The van der Waals surface area contributed by atoms with Crippen molar-refractivity contribution in [2.45, 2.75) is 161 Å². The lowest BCUT2D eigenvalue weighted by atomic mass is 10.1. The van der Waals surface area contributed by atoms with Crippen LogP contribution in [0, 0.1) is 0 Å². The highest BCUT2D eigenvalue weighted by Crippen LogP contribution is 2.35. The average Bonchev–Trinajstić information content (AvgIpc) is 2.98. The van der Waals surface area contributed by atoms with Crippen molar-refractivity contribution in [1.29, 1.82) is 0 Å². The molecule has 0 saturated heterocycles. The van der Waals surface area contributed by atoms with Crippen molar-refractivity contribution in [3.05, 3.63) is 36.5 Å². The second kappa shape index (κ2) is 31.3. The zero-order valence-corrected chi connectivity index (χ0v) is 28.7. The molecule has 0 fully saturated rings. The number of unbranched alkanes of at least 4 members (excludes halogenated alkanes) is 16. The van der Waals surface area contributed by atoms with Crippen LogP contribution in [0.25, 0.3) is 0 Å². The summed E-state index contributed by atoms with van der Waals surface area (Å²) in [7, 11) is -4.75. The van der Waals surface area contributed by atoms with Crippen LogP contribution in [0.2, 0.25) is 0 Å². The minimum atomic E-state index is -4.75. The van der Waals surface area contributed by atoms with Crippen LogP contribution in [-0.4, -0.2) is 41.0 Å². The Labute approximate surface area is 268 Å². The molecule has 0 heterocycles. The van der Waals surface area contributed by atoms with Gasteiger partial charge < -0.3 is 19.3 Å². The van der Waals surface area contributed by atoms with Crippen molar-refractivity contribution >= 4 is 19.8 Å². The summed E-state index contributed by atoms with van der Waals surface area (Å²) in [4.78, 5) is 42.5. The molecule has 0 radical (unpaired) electrons. The summed E-state index contributed by atoms with van der Waals surface area (Å²) < 4.78 is 26.2. The van der Waals surface area contributed by atoms with E-state index in [0.29, 0.717) is 12.8 Å². The molecule has 256 valence electrons. The maximum absolute atomic E-state index is 12.3. The number of esters is 2. The summed E-state index contributed by atoms with van der Waals surface area (Å²) in [6.07, 6.45) is 34.4. The first-order valence-electron chi connectivity index (χ1n) is 17.3. The van der Waals surface area contributed by atoms with E-state index in [1.807, 2.05) is 0 Å². The molecule has 2 N–H and O–H groups in total. The monoisotopic (exact) mass is 642 g/mol. The molecule has 0 aliphatic carbocycles. The van der Waals surface area contributed by atoms with E-state index in [4.69, 9.17) is 19.3 Å². The maximum atomic E-state index is 12.3. The van der Waals surface area contributed by atoms with Gasteiger partial charge >= 0.3 is 19.8 Å². The number of carbonyl (C=O) groups is 2. The Morgan fingerprint density at radius 2 is 1.05 bits per heavy atom. The van der Waals surface area contributed by atoms with Gasteiger partial charge in [0.2, 0.25) is 0 Å². The molecule has 0 aromatic heterocycles. The lowest BCUT2D eigenvalue weighted by molar-refractivity contribution is -0.161. The molecule has 0 unspecified atom stereocenters. The third-order valence-corrected chi connectivity index (χ3v) is 7.64. The van der Waals surface area contributed by atoms with Gasteiger partial charge in [0.25, 0.3) is 0 Å². The lowest BCUT2D eigenvalue weighted by Gasteiger charge is -2.18. The van der Waals surface area contributed by atoms with Gasteiger partial charge in [-0.1, -0.05) is 121 Å². The Bertz CT molecular complexity index is 818. The van der Waals surface area contributed by atoms with Crippen LogP contribution in [0.5, 0.6) is 0 Å². The summed E-state index contributed by atoms with van der Waals surface area (Å²) in [5, 5.41) is 0. The van der Waals surface area contributed by atoms with Gasteiger partial charge in [0.1, 0.15) is 6.61 Å². The highest BCUT2D eigenvalue weighted by molar-refractivity contribution is 7.46. The van der Waals surface area contributed by atoms with Crippen LogP contribution in [0.4, 0.5) is 0 Å². The van der Waals surface area contributed by atoms with E-state index in [-0.39, 0.29) is 19.4 Å². The van der Waals surface area contributed by atoms with Crippen molar-refractivity contribution in [3.63, 3.8) is 0 Å². The molecular formula is C35H63O8P. The molecule has 0 aromatic rings. The van der Waals surface area contributed by atoms with E-state index in [2.05, 4.69) is 54.8 Å². The number of hydrogen-bond acceptors (Lipinski definition) is 6. The first kappa shape index (κ1) is 42.3.